The Morgan fingerprint density at radius 1 is 1.05 bits per heavy atom. The highest BCUT2D eigenvalue weighted by molar-refractivity contribution is 6.31. The van der Waals surface area contributed by atoms with E-state index in [9.17, 15) is 13.6 Å². The number of fused-ring (bicyclic) bond motifs is 3. The third-order valence-corrected chi connectivity index (χ3v) is 7.29. The van der Waals surface area contributed by atoms with Crippen molar-refractivity contribution in [3.63, 3.8) is 0 Å². The standard InChI is InChI=1S/C29H25ClF2N6O2/c1-15-8-16(2)14-38(13-15)27(39)23-12-35-29(40-23)37-28-34-11-17-10-33-26(24-21(31)4-3-5-22(24)32)20-9-18(30)6-7-19(20)25(17)36-28/h3-7,9,11-12,15-16H,8,10,13-14H2,1-2H3,(H,34,35,36,37). The summed E-state index contributed by atoms with van der Waals surface area (Å²) in [5.74, 6) is -0.544. The van der Waals surface area contributed by atoms with Crippen molar-refractivity contribution in [2.75, 3.05) is 18.4 Å². The molecule has 2 aromatic carbocycles. The number of likely N-dealkylation sites (tertiary alicyclic amines) is 1. The maximum atomic E-state index is 14.8. The third kappa shape index (κ3) is 4.95. The first-order valence-corrected chi connectivity index (χ1v) is 13.3. The number of hydrogen-bond donors (Lipinski definition) is 1. The van der Waals surface area contributed by atoms with Gasteiger partial charge in [0.1, 0.15) is 11.6 Å². The van der Waals surface area contributed by atoms with Gasteiger partial charge in [-0.3, -0.25) is 15.1 Å². The molecule has 0 radical (unpaired) electrons. The molecule has 0 aliphatic carbocycles. The summed E-state index contributed by atoms with van der Waals surface area (Å²) in [6.45, 7) is 5.70. The average molecular weight is 563 g/mol. The Morgan fingerprint density at radius 2 is 1.80 bits per heavy atom. The number of benzene rings is 2. The van der Waals surface area contributed by atoms with E-state index in [1.807, 2.05) is 0 Å². The number of amides is 1. The maximum Gasteiger partial charge on any atom is 0.302 e. The van der Waals surface area contributed by atoms with E-state index in [2.05, 4.69) is 39.1 Å². The molecule has 4 heterocycles. The zero-order valence-corrected chi connectivity index (χ0v) is 22.5. The van der Waals surface area contributed by atoms with Gasteiger partial charge in [-0.2, -0.15) is 0 Å². The number of aromatic nitrogens is 3. The van der Waals surface area contributed by atoms with Crippen LogP contribution in [0.5, 0.6) is 0 Å². The molecule has 1 fully saturated rings. The van der Waals surface area contributed by atoms with Crippen LogP contribution in [0.2, 0.25) is 5.02 Å². The lowest BCUT2D eigenvalue weighted by atomic mass is 9.92. The summed E-state index contributed by atoms with van der Waals surface area (Å²) in [4.78, 5) is 32.5. The highest BCUT2D eigenvalue weighted by Gasteiger charge is 2.29. The molecular formula is C29H25ClF2N6O2. The number of carbonyl (C=O) groups excluding carboxylic acids is 1. The second-order valence-corrected chi connectivity index (χ2v) is 10.8. The quantitative estimate of drug-likeness (QED) is 0.315. The number of anilines is 2. The monoisotopic (exact) mass is 562 g/mol. The van der Waals surface area contributed by atoms with Crippen LogP contribution in [0.1, 0.15) is 47.5 Å². The SMILES string of the molecule is CC1CC(C)CN(C(=O)c2cnc(Nc3ncc4c(n3)-c3ccc(Cl)cc3C(c3c(F)cccc3F)=NC4)o2)C1. The number of nitrogens with zero attached hydrogens (tertiary/aromatic N) is 5. The van der Waals surface area contributed by atoms with Crippen LogP contribution in [0.25, 0.3) is 11.3 Å². The average Bonchev–Trinajstić information content (AvgIpc) is 3.32. The number of aliphatic imine (C=N–C) groups is 1. The van der Waals surface area contributed by atoms with E-state index in [0.717, 1.165) is 6.42 Å². The first kappa shape index (κ1) is 26.1. The molecular weight excluding hydrogens is 538 g/mol. The lowest BCUT2D eigenvalue weighted by molar-refractivity contribution is 0.0592. The predicted octanol–water partition coefficient (Wildman–Crippen LogP) is 6.28. The van der Waals surface area contributed by atoms with Gasteiger partial charge >= 0.3 is 6.01 Å². The zero-order chi connectivity index (χ0) is 28.0. The molecule has 2 aliphatic rings. The van der Waals surface area contributed by atoms with Gasteiger partial charge < -0.3 is 9.32 Å². The summed E-state index contributed by atoms with van der Waals surface area (Å²) >= 11 is 6.29. The lowest BCUT2D eigenvalue weighted by Crippen LogP contribution is -2.42. The predicted molar refractivity (Wildman–Crippen MR) is 147 cm³/mol. The van der Waals surface area contributed by atoms with E-state index in [0.29, 0.717) is 52.3 Å². The fourth-order valence-electron chi connectivity index (χ4n) is 5.43. The van der Waals surface area contributed by atoms with Gasteiger partial charge in [-0.15, -0.1) is 0 Å². The summed E-state index contributed by atoms with van der Waals surface area (Å²) in [5.41, 5.74) is 2.09. The van der Waals surface area contributed by atoms with Gasteiger partial charge in [0.25, 0.3) is 5.91 Å². The number of hydrogen-bond acceptors (Lipinski definition) is 7. The second kappa shape index (κ2) is 10.4. The van der Waals surface area contributed by atoms with Crippen molar-refractivity contribution in [3.8, 4) is 11.3 Å². The summed E-state index contributed by atoms with van der Waals surface area (Å²) in [6, 6.07) is 8.76. The molecule has 2 atom stereocenters. The van der Waals surface area contributed by atoms with Crippen LogP contribution in [0.15, 0.2) is 58.2 Å². The number of nitrogens with one attached hydrogen (secondary N) is 1. The molecule has 0 saturated carbocycles. The summed E-state index contributed by atoms with van der Waals surface area (Å²) < 4.78 is 35.3. The van der Waals surface area contributed by atoms with Crippen LogP contribution in [0.3, 0.4) is 0 Å². The van der Waals surface area contributed by atoms with E-state index in [-0.39, 0.29) is 41.5 Å². The first-order valence-electron chi connectivity index (χ1n) is 12.9. The molecule has 1 amide bonds. The summed E-state index contributed by atoms with van der Waals surface area (Å²) in [7, 11) is 0. The van der Waals surface area contributed by atoms with Crippen molar-refractivity contribution in [2.24, 2.45) is 16.8 Å². The Morgan fingerprint density at radius 3 is 2.55 bits per heavy atom. The van der Waals surface area contributed by atoms with Crippen LogP contribution in [0, 0.1) is 23.5 Å². The van der Waals surface area contributed by atoms with Gasteiger partial charge in [-0.25, -0.2) is 23.7 Å². The highest BCUT2D eigenvalue weighted by Crippen LogP contribution is 2.35. The van der Waals surface area contributed by atoms with Crippen molar-refractivity contribution < 1.29 is 18.0 Å². The molecule has 40 heavy (non-hydrogen) atoms. The molecule has 2 aromatic heterocycles. The number of halogens is 3. The number of oxazole rings is 1. The van der Waals surface area contributed by atoms with Crippen molar-refractivity contribution in [1.82, 2.24) is 19.9 Å². The van der Waals surface area contributed by atoms with E-state index in [1.165, 1.54) is 24.4 Å². The van der Waals surface area contributed by atoms with E-state index in [1.54, 1.807) is 29.3 Å². The minimum Gasteiger partial charge on any atom is -0.418 e. The van der Waals surface area contributed by atoms with Gasteiger partial charge in [0.15, 0.2) is 0 Å². The molecule has 0 spiro atoms. The fraction of sp³-hybridized carbons (Fsp3) is 0.276. The fourth-order valence-corrected chi connectivity index (χ4v) is 5.61. The second-order valence-electron chi connectivity index (χ2n) is 10.3. The van der Waals surface area contributed by atoms with Crippen LogP contribution >= 0.6 is 11.6 Å². The largest absolute Gasteiger partial charge is 0.418 e. The minimum atomic E-state index is -0.730. The Bertz CT molecular complexity index is 1630. The van der Waals surface area contributed by atoms with Crippen molar-refractivity contribution in [3.05, 3.63) is 87.9 Å². The topological polar surface area (TPSA) is 96.5 Å². The molecule has 2 unspecified atom stereocenters. The van der Waals surface area contributed by atoms with Crippen molar-refractivity contribution >= 4 is 35.2 Å². The summed E-state index contributed by atoms with van der Waals surface area (Å²) in [5, 5.41) is 3.30. The van der Waals surface area contributed by atoms with Crippen molar-refractivity contribution in [2.45, 2.75) is 26.8 Å². The van der Waals surface area contributed by atoms with E-state index in [4.69, 9.17) is 16.0 Å². The number of piperidine rings is 1. The molecule has 6 rings (SSSR count). The van der Waals surface area contributed by atoms with Crippen LogP contribution in [-0.4, -0.2) is 44.6 Å². The molecule has 8 nitrogen and oxygen atoms in total. The van der Waals surface area contributed by atoms with Gasteiger partial charge in [-0.05, 0) is 42.5 Å². The highest BCUT2D eigenvalue weighted by atomic mass is 35.5. The third-order valence-electron chi connectivity index (χ3n) is 7.05. The minimum absolute atomic E-state index is 0.0664. The Hall–Kier alpha value is -4.18. The smallest absolute Gasteiger partial charge is 0.302 e. The molecule has 0 bridgehead atoms. The molecule has 1 N–H and O–H groups in total. The Labute approximate surface area is 234 Å². The lowest BCUT2D eigenvalue weighted by Gasteiger charge is -2.34. The number of carbonyl (C=O) groups is 1. The van der Waals surface area contributed by atoms with Gasteiger partial charge in [0.05, 0.1) is 29.7 Å². The molecule has 2 aliphatic heterocycles. The van der Waals surface area contributed by atoms with E-state index >= 15 is 0 Å². The molecule has 1 saturated heterocycles. The Kier molecular flexibility index (Phi) is 6.79. The van der Waals surface area contributed by atoms with E-state index < -0.39 is 11.6 Å². The molecule has 204 valence electrons. The van der Waals surface area contributed by atoms with Crippen LogP contribution in [0.4, 0.5) is 20.7 Å². The van der Waals surface area contributed by atoms with Gasteiger partial charge in [0, 0.05) is 41.0 Å². The van der Waals surface area contributed by atoms with Gasteiger partial charge in [0.2, 0.25) is 11.7 Å². The number of rotatable bonds is 4. The van der Waals surface area contributed by atoms with Crippen LogP contribution in [-0.2, 0) is 6.54 Å². The maximum absolute atomic E-state index is 14.8. The first-order chi connectivity index (χ1) is 19.3. The van der Waals surface area contributed by atoms with Gasteiger partial charge in [-0.1, -0.05) is 37.6 Å². The zero-order valence-electron chi connectivity index (χ0n) is 21.8. The molecule has 4 aromatic rings. The van der Waals surface area contributed by atoms with Crippen LogP contribution < -0.4 is 5.32 Å². The van der Waals surface area contributed by atoms with Crippen molar-refractivity contribution in [1.29, 1.82) is 0 Å². The normalized spacial score (nSPS) is 18.4. The Balaban J connectivity index is 1.31. The summed E-state index contributed by atoms with van der Waals surface area (Å²) in [6.07, 6.45) is 4.05. The molecule has 11 heteroatoms.